The lowest BCUT2D eigenvalue weighted by Crippen LogP contribution is -2.42. The number of nitrogens with one attached hydrogen (secondary N) is 1. The van der Waals surface area contributed by atoms with E-state index in [1.165, 1.54) is 13.1 Å². The molecule has 6 heteroatoms. The number of fused-ring (bicyclic) bond motifs is 1. The van der Waals surface area contributed by atoms with Crippen LogP contribution in [0.25, 0.3) is 0 Å². The monoisotopic (exact) mass is 330 g/mol. The zero-order valence-electron chi connectivity index (χ0n) is 14.0. The Bertz CT molecular complexity index is 680. The Balaban J connectivity index is 1.76. The molecule has 2 heterocycles. The van der Waals surface area contributed by atoms with Crippen LogP contribution in [0.15, 0.2) is 18.2 Å². The zero-order chi connectivity index (χ0) is 17.3. The summed E-state index contributed by atoms with van der Waals surface area (Å²) < 4.78 is 5.38. The highest BCUT2D eigenvalue weighted by Crippen LogP contribution is 2.24. The SMILES string of the molecule is CCC(NC(=O)c1ccc2c(c1)C(=O)N(C)C2=O)C1CCOCC1. The molecule has 24 heavy (non-hydrogen) atoms. The van der Waals surface area contributed by atoms with Gasteiger partial charge in [-0.1, -0.05) is 6.92 Å². The van der Waals surface area contributed by atoms with Crippen LogP contribution in [0.1, 0.15) is 57.3 Å². The van der Waals surface area contributed by atoms with Crippen LogP contribution in [-0.4, -0.2) is 48.9 Å². The molecule has 1 saturated heterocycles. The van der Waals surface area contributed by atoms with Crippen molar-refractivity contribution < 1.29 is 19.1 Å². The van der Waals surface area contributed by atoms with Gasteiger partial charge in [-0.25, -0.2) is 0 Å². The van der Waals surface area contributed by atoms with Gasteiger partial charge in [0.2, 0.25) is 0 Å². The Hall–Kier alpha value is -2.21. The maximum absolute atomic E-state index is 12.6. The van der Waals surface area contributed by atoms with Crippen LogP contribution in [0.3, 0.4) is 0 Å². The van der Waals surface area contributed by atoms with E-state index in [2.05, 4.69) is 12.2 Å². The minimum absolute atomic E-state index is 0.0923. The van der Waals surface area contributed by atoms with E-state index in [1.54, 1.807) is 12.1 Å². The summed E-state index contributed by atoms with van der Waals surface area (Å²) in [6.07, 6.45) is 2.74. The number of carbonyl (C=O) groups excluding carboxylic acids is 3. The van der Waals surface area contributed by atoms with Crippen molar-refractivity contribution in [2.45, 2.75) is 32.2 Å². The second-order valence-electron chi connectivity index (χ2n) is 6.37. The fourth-order valence-electron chi connectivity index (χ4n) is 3.43. The predicted molar refractivity (Wildman–Crippen MR) is 88.0 cm³/mol. The van der Waals surface area contributed by atoms with Gasteiger partial charge in [0.15, 0.2) is 0 Å². The maximum Gasteiger partial charge on any atom is 0.261 e. The average Bonchev–Trinajstić information content (AvgIpc) is 2.84. The molecule has 2 aliphatic rings. The Morgan fingerprint density at radius 3 is 2.58 bits per heavy atom. The molecule has 0 radical (unpaired) electrons. The van der Waals surface area contributed by atoms with Gasteiger partial charge in [0, 0.05) is 31.9 Å². The maximum atomic E-state index is 12.6. The highest BCUT2D eigenvalue weighted by atomic mass is 16.5. The van der Waals surface area contributed by atoms with E-state index >= 15 is 0 Å². The van der Waals surface area contributed by atoms with Gasteiger partial charge in [0.05, 0.1) is 11.1 Å². The Labute approximate surface area is 141 Å². The number of imide groups is 1. The molecular weight excluding hydrogens is 308 g/mol. The van der Waals surface area contributed by atoms with Crippen molar-refractivity contribution in [2.24, 2.45) is 5.92 Å². The third-order valence-electron chi connectivity index (χ3n) is 4.94. The normalized spacial score (nSPS) is 19.3. The first-order valence-corrected chi connectivity index (χ1v) is 8.38. The lowest BCUT2D eigenvalue weighted by Gasteiger charge is -2.30. The molecule has 6 nitrogen and oxygen atoms in total. The van der Waals surface area contributed by atoms with Gasteiger partial charge in [0.25, 0.3) is 17.7 Å². The van der Waals surface area contributed by atoms with Crippen LogP contribution >= 0.6 is 0 Å². The van der Waals surface area contributed by atoms with E-state index in [9.17, 15) is 14.4 Å². The van der Waals surface area contributed by atoms with Gasteiger partial charge in [-0.15, -0.1) is 0 Å². The van der Waals surface area contributed by atoms with Crippen LogP contribution in [0.2, 0.25) is 0 Å². The zero-order valence-corrected chi connectivity index (χ0v) is 14.0. The number of hydrogen-bond acceptors (Lipinski definition) is 4. The van der Waals surface area contributed by atoms with E-state index in [1.807, 2.05) is 0 Å². The largest absolute Gasteiger partial charge is 0.381 e. The quantitative estimate of drug-likeness (QED) is 0.855. The van der Waals surface area contributed by atoms with E-state index < -0.39 is 0 Å². The number of rotatable bonds is 4. The van der Waals surface area contributed by atoms with Gasteiger partial charge in [-0.3, -0.25) is 19.3 Å². The smallest absolute Gasteiger partial charge is 0.261 e. The van der Waals surface area contributed by atoms with Crippen LogP contribution in [0.5, 0.6) is 0 Å². The highest BCUT2D eigenvalue weighted by Gasteiger charge is 2.33. The standard InChI is InChI=1S/C18H22N2O4/c1-3-15(11-6-8-24-9-7-11)19-16(21)12-4-5-13-14(10-12)18(23)20(2)17(13)22/h4-5,10-11,15H,3,6-9H2,1-2H3,(H,19,21). The molecule has 0 aromatic heterocycles. The summed E-state index contributed by atoms with van der Waals surface area (Å²) in [5.74, 6) is -0.473. The van der Waals surface area contributed by atoms with Crippen molar-refractivity contribution in [1.82, 2.24) is 10.2 Å². The molecule has 1 fully saturated rings. The molecule has 0 spiro atoms. The molecule has 2 aliphatic heterocycles. The van der Waals surface area contributed by atoms with Crippen molar-refractivity contribution >= 4 is 17.7 Å². The molecule has 0 aliphatic carbocycles. The summed E-state index contributed by atoms with van der Waals surface area (Å²) in [5, 5.41) is 3.08. The molecule has 1 aromatic carbocycles. The summed E-state index contributed by atoms with van der Waals surface area (Å²) in [4.78, 5) is 37.6. The highest BCUT2D eigenvalue weighted by molar-refractivity contribution is 6.21. The molecule has 1 aromatic rings. The number of hydrogen-bond donors (Lipinski definition) is 1. The third kappa shape index (κ3) is 2.94. The van der Waals surface area contributed by atoms with Crippen LogP contribution < -0.4 is 5.32 Å². The van der Waals surface area contributed by atoms with Gasteiger partial charge in [-0.05, 0) is 43.4 Å². The number of ether oxygens (including phenoxy) is 1. The van der Waals surface area contributed by atoms with Crippen molar-refractivity contribution in [3.05, 3.63) is 34.9 Å². The molecule has 0 saturated carbocycles. The second kappa shape index (κ2) is 6.73. The molecule has 0 bridgehead atoms. The lowest BCUT2D eigenvalue weighted by molar-refractivity contribution is 0.0510. The van der Waals surface area contributed by atoms with E-state index in [0.29, 0.717) is 22.6 Å². The first-order chi connectivity index (χ1) is 11.5. The Morgan fingerprint density at radius 2 is 1.92 bits per heavy atom. The third-order valence-corrected chi connectivity index (χ3v) is 4.94. The van der Waals surface area contributed by atoms with Crippen LogP contribution in [0.4, 0.5) is 0 Å². The summed E-state index contributed by atoms with van der Waals surface area (Å²) >= 11 is 0. The predicted octanol–water partition coefficient (Wildman–Crippen LogP) is 1.85. The Morgan fingerprint density at radius 1 is 1.25 bits per heavy atom. The first-order valence-electron chi connectivity index (χ1n) is 8.38. The van der Waals surface area contributed by atoms with Crippen molar-refractivity contribution in [1.29, 1.82) is 0 Å². The number of carbonyl (C=O) groups is 3. The number of benzene rings is 1. The fourth-order valence-corrected chi connectivity index (χ4v) is 3.43. The van der Waals surface area contributed by atoms with Crippen molar-refractivity contribution in [3.8, 4) is 0 Å². The van der Waals surface area contributed by atoms with Gasteiger partial charge < -0.3 is 10.1 Å². The van der Waals surface area contributed by atoms with E-state index in [4.69, 9.17) is 4.74 Å². The summed E-state index contributed by atoms with van der Waals surface area (Å²) in [6.45, 7) is 3.53. The summed E-state index contributed by atoms with van der Waals surface area (Å²) in [6, 6.07) is 4.78. The first kappa shape index (κ1) is 16.6. The average molecular weight is 330 g/mol. The molecule has 3 amide bonds. The molecule has 1 atom stereocenters. The van der Waals surface area contributed by atoms with E-state index in [-0.39, 0.29) is 23.8 Å². The fraction of sp³-hybridized carbons (Fsp3) is 0.500. The topological polar surface area (TPSA) is 75.7 Å². The molecular formula is C18H22N2O4. The van der Waals surface area contributed by atoms with Crippen molar-refractivity contribution in [2.75, 3.05) is 20.3 Å². The second-order valence-corrected chi connectivity index (χ2v) is 6.37. The van der Waals surface area contributed by atoms with Gasteiger partial charge >= 0.3 is 0 Å². The number of amides is 3. The minimum Gasteiger partial charge on any atom is -0.381 e. The van der Waals surface area contributed by atoms with Crippen molar-refractivity contribution in [3.63, 3.8) is 0 Å². The van der Waals surface area contributed by atoms with Gasteiger partial charge in [0.1, 0.15) is 0 Å². The lowest BCUT2D eigenvalue weighted by atomic mass is 9.90. The summed E-state index contributed by atoms with van der Waals surface area (Å²) in [7, 11) is 1.45. The number of nitrogens with zero attached hydrogens (tertiary/aromatic N) is 1. The van der Waals surface area contributed by atoms with Gasteiger partial charge in [-0.2, -0.15) is 0 Å². The van der Waals surface area contributed by atoms with E-state index in [0.717, 1.165) is 37.4 Å². The molecule has 1 unspecified atom stereocenters. The van der Waals surface area contributed by atoms with Crippen LogP contribution in [-0.2, 0) is 4.74 Å². The molecule has 3 rings (SSSR count). The summed E-state index contributed by atoms with van der Waals surface area (Å²) in [5.41, 5.74) is 1.07. The van der Waals surface area contributed by atoms with Crippen LogP contribution in [0, 0.1) is 5.92 Å². The molecule has 128 valence electrons. The minimum atomic E-state index is -0.360. The molecule has 1 N–H and O–H groups in total. The Kier molecular flexibility index (Phi) is 4.66.